The first kappa shape index (κ1) is 19.3. The van der Waals surface area contributed by atoms with Gasteiger partial charge in [-0.2, -0.15) is 0 Å². The number of rotatable bonds is 3. The van der Waals surface area contributed by atoms with Crippen LogP contribution >= 0.6 is 0 Å². The Morgan fingerprint density at radius 2 is 1.74 bits per heavy atom. The van der Waals surface area contributed by atoms with Crippen molar-refractivity contribution in [2.24, 2.45) is 7.05 Å². The van der Waals surface area contributed by atoms with E-state index in [0.29, 0.717) is 24.0 Å². The van der Waals surface area contributed by atoms with E-state index in [0.717, 1.165) is 35.6 Å². The Labute approximate surface area is 180 Å². The van der Waals surface area contributed by atoms with Crippen LogP contribution in [0.25, 0.3) is 22.2 Å². The first-order chi connectivity index (χ1) is 15.1. The number of aryl methyl sites for hydroxylation is 1. The second-order valence-electron chi connectivity index (χ2n) is 7.80. The molecule has 1 saturated heterocycles. The number of amides is 1. The summed E-state index contributed by atoms with van der Waals surface area (Å²) in [5.74, 6) is -0.394. The molecule has 5 nitrogen and oxygen atoms in total. The number of hydrogen-bond donors (Lipinski definition) is 0. The van der Waals surface area contributed by atoms with Crippen molar-refractivity contribution in [3.63, 3.8) is 0 Å². The quantitative estimate of drug-likeness (QED) is 0.501. The lowest BCUT2D eigenvalue weighted by Crippen LogP contribution is -2.48. The molecule has 1 amide bonds. The second kappa shape index (κ2) is 7.87. The van der Waals surface area contributed by atoms with Crippen LogP contribution in [0.3, 0.4) is 0 Å². The monoisotopic (exact) mass is 414 g/mol. The zero-order valence-electron chi connectivity index (χ0n) is 17.3. The molecule has 5 rings (SSSR count). The molecule has 1 aliphatic heterocycles. The van der Waals surface area contributed by atoms with Crippen molar-refractivity contribution in [3.8, 4) is 11.3 Å². The van der Waals surface area contributed by atoms with Gasteiger partial charge in [0, 0.05) is 50.3 Å². The van der Waals surface area contributed by atoms with E-state index in [1.54, 1.807) is 12.3 Å². The third-order valence-electron chi connectivity index (χ3n) is 6.00. The summed E-state index contributed by atoms with van der Waals surface area (Å²) in [6.45, 7) is 2.68. The molecular weight excluding hydrogens is 391 g/mol. The first-order valence-electron chi connectivity index (χ1n) is 10.4. The van der Waals surface area contributed by atoms with Crippen LogP contribution < -0.4 is 4.90 Å². The van der Waals surface area contributed by atoms with E-state index in [9.17, 15) is 9.18 Å². The number of nitrogens with zero attached hydrogens (tertiary/aromatic N) is 4. The number of aromatic nitrogens is 2. The highest BCUT2D eigenvalue weighted by Gasteiger charge is 2.29. The fourth-order valence-electron chi connectivity index (χ4n) is 4.43. The fraction of sp³-hybridized carbons (Fsp3) is 0.200. The molecule has 0 unspecified atom stereocenters. The van der Waals surface area contributed by atoms with Crippen LogP contribution in [0.2, 0.25) is 0 Å². The van der Waals surface area contributed by atoms with E-state index in [2.05, 4.69) is 9.88 Å². The normalized spacial score (nSPS) is 14.3. The van der Waals surface area contributed by atoms with Gasteiger partial charge >= 0.3 is 0 Å². The average molecular weight is 414 g/mol. The van der Waals surface area contributed by atoms with E-state index < -0.39 is 0 Å². The van der Waals surface area contributed by atoms with E-state index in [-0.39, 0.29) is 11.7 Å². The predicted octanol–water partition coefficient (Wildman–Crippen LogP) is 4.34. The number of pyridine rings is 1. The summed E-state index contributed by atoms with van der Waals surface area (Å²) < 4.78 is 16.1. The highest BCUT2D eigenvalue weighted by Crippen LogP contribution is 2.34. The SMILES string of the molecule is Cn1c(-c2ccccc2)c(C(=O)N2CCN(c3cccnc3)CC2)c2cc(F)ccc21. The van der Waals surface area contributed by atoms with Crippen molar-refractivity contribution in [1.82, 2.24) is 14.5 Å². The summed E-state index contributed by atoms with van der Waals surface area (Å²) in [5, 5.41) is 0.654. The van der Waals surface area contributed by atoms with E-state index >= 15 is 0 Å². The first-order valence-corrected chi connectivity index (χ1v) is 10.4. The molecule has 4 aromatic rings. The van der Waals surface area contributed by atoms with Crippen LogP contribution in [0.4, 0.5) is 10.1 Å². The van der Waals surface area contributed by atoms with Gasteiger partial charge in [-0.25, -0.2) is 4.39 Å². The number of hydrogen-bond acceptors (Lipinski definition) is 3. The summed E-state index contributed by atoms with van der Waals surface area (Å²) in [5.41, 5.74) is 4.24. The molecule has 0 N–H and O–H groups in total. The summed E-state index contributed by atoms with van der Waals surface area (Å²) in [7, 11) is 1.93. The third-order valence-corrected chi connectivity index (χ3v) is 6.00. The zero-order chi connectivity index (χ0) is 21.4. The molecule has 156 valence electrons. The molecule has 0 atom stereocenters. The van der Waals surface area contributed by atoms with Crippen LogP contribution in [0.15, 0.2) is 73.1 Å². The number of halogens is 1. The van der Waals surface area contributed by atoms with Gasteiger partial charge in [-0.1, -0.05) is 30.3 Å². The molecule has 1 aliphatic rings. The number of carbonyl (C=O) groups is 1. The van der Waals surface area contributed by atoms with Gasteiger partial charge in [-0.15, -0.1) is 0 Å². The van der Waals surface area contributed by atoms with Gasteiger partial charge in [0.05, 0.1) is 23.1 Å². The molecule has 2 aromatic heterocycles. The van der Waals surface area contributed by atoms with Crippen LogP contribution in [0, 0.1) is 5.82 Å². The smallest absolute Gasteiger partial charge is 0.256 e. The molecule has 31 heavy (non-hydrogen) atoms. The third kappa shape index (κ3) is 3.44. The van der Waals surface area contributed by atoms with Gasteiger partial charge in [-0.05, 0) is 35.9 Å². The Morgan fingerprint density at radius 1 is 0.968 bits per heavy atom. The Kier molecular flexibility index (Phi) is 4.90. The van der Waals surface area contributed by atoms with Gasteiger partial charge in [0.25, 0.3) is 5.91 Å². The minimum Gasteiger partial charge on any atom is -0.367 e. The topological polar surface area (TPSA) is 41.4 Å². The lowest BCUT2D eigenvalue weighted by Gasteiger charge is -2.36. The molecule has 2 aromatic carbocycles. The number of benzene rings is 2. The van der Waals surface area contributed by atoms with Crippen LogP contribution in [0.5, 0.6) is 0 Å². The second-order valence-corrected chi connectivity index (χ2v) is 7.80. The van der Waals surface area contributed by atoms with E-state index in [4.69, 9.17) is 0 Å². The molecule has 0 radical (unpaired) electrons. The lowest BCUT2D eigenvalue weighted by atomic mass is 10.0. The number of anilines is 1. The molecule has 0 saturated carbocycles. The molecule has 3 heterocycles. The maximum absolute atomic E-state index is 14.2. The van der Waals surface area contributed by atoms with Gasteiger partial charge < -0.3 is 14.4 Å². The maximum Gasteiger partial charge on any atom is 0.256 e. The van der Waals surface area contributed by atoms with E-state index in [1.165, 1.54) is 12.1 Å². The largest absolute Gasteiger partial charge is 0.367 e. The minimum atomic E-state index is -0.340. The van der Waals surface area contributed by atoms with Crippen molar-refractivity contribution >= 4 is 22.5 Å². The Balaban J connectivity index is 1.52. The summed E-state index contributed by atoms with van der Waals surface area (Å²) >= 11 is 0. The molecule has 0 bridgehead atoms. The fourth-order valence-corrected chi connectivity index (χ4v) is 4.43. The van der Waals surface area contributed by atoms with Crippen LogP contribution in [-0.4, -0.2) is 46.5 Å². The van der Waals surface area contributed by atoms with Crippen molar-refractivity contribution in [1.29, 1.82) is 0 Å². The van der Waals surface area contributed by atoms with Crippen molar-refractivity contribution in [2.75, 3.05) is 31.1 Å². The van der Waals surface area contributed by atoms with Crippen LogP contribution in [-0.2, 0) is 7.05 Å². The molecule has 1 fully saturated rings. The number of piperazine rings is 1. The number of carbonyl (C=O) groups excluding carboxylic acids is 1. The van der Waals surface area contributed by atoms with Crippen molar-refractivity contribution in [2.45, 2.75) is 0 Å². The van der Waals surface area contributed by atoms with Gasteiger partial charge in [0.2, 0.25) is 0 Å². The highest BCUT2D eigenvalue weighted by molar-refractivity contribution is 6.12. The van der Waals surface area contributed by atoms with Gasteiger partial charge in [-0.3, -0.25) is 9.78 Å². The van der Waals surface area contributed by atoms with Crippen molar-refractivity contribution < 1.29 is 9.18 Å². The number of fused-ring (bicyclic) bond motifs is 1. The average Bonchev–Trinajstić information content (AvgIpc) is 3.11. The summed E-state index contributed by atoms with van der Waals surface area (Å²) in [6, 6.07) is 18.4. The summed E-state index contributed by atoms with van der Waals surface area (Å²) in [4.78, 5) is 22.0. The Hall–Kier alpha value is -3.67. The van der Waals surface area contributed by atoms with Gasteiger partial charge in [0.1, 0.15) is 5.82 Å². The minimum absolute atomic E-state index is 0.0547. The molecule has 0 spiro atoms. The standard InChI is InChI=1S/C25H23FN4O/c1-28-22-10-9-19(26)16-21(22)23(24(28)18-6-3-2-4-7-18)25(31)30-14-12-29(13-15-30)20-8-5-11-27-17-20/h2-11,16-17H,12-15H2,1H3. The highest BCUT2D eigenvalue weighted by atomic mass is 19.1. The maximum atomic E-state index is 14.2. The van der Waals surface area contributed by atoms with Crippen LogP contribution in [0.1, 0.15) is 10.4 Å². The Morgan fingerprint density at radius 3 is 2.45 bits per heavy atom. The van der Waals surface area contributed by atoms with Gasteiger partial charge in [0.15, 0.2) is 0 Å². The predicted molar refractivity (Wildman–Crippen MR) is 121 cm³/mol. The lowest BCUT2D eigenvalue weighted by molar-refractivity contribution is 0.0749. The van der Waals surface area contributed by atoms with E-state index in [1.807, 2.05) is 65.2 Å². The molecular formula is C25H23FN4O. The zero-order valence-corrected chi connectivity index (χ0v) is 17.3. The summed E-state index contributed by atoms with van der Waals surface area (Å²) in [6.07, 6.45) is 3.60. The van der Waals surface area contributed by atoms with Crippen molar-refractivity contribution in [3.05, 3.63) is 84.4 Å². The Bertz CT molecular complexity index is 1230. The molecule has 6 heteroatoms. The molecule has 0 aliphatic carbocycles.